The van der Waals surface area contributed by atoms with Gasteiger partial charge in [0.2, 0.25) is 11.1 Å². The van der Waals surface area contributed by atoms with E-state index in [1.807, 2.05) is 17.5 Å². The molecule has 30 heavy (non-hydrogen) atoms. The van der Waals surface area contributed by atoms with Gasteiger partial charge in [-0.05, 0) is 24.3 Å². The number of benzene rings is 1. The highest BCUT2D eigenvalue weighted by Gasteiger charge is 2.19. The summed E-state index contributed by atoms with van der Waals surface area (Å²) in [5.41, 5.74) is 8.39. The number of pyridine rings is 1. The molecule has 1 aromatic carbocycles. The van der Waals surface area contributed by atoms with Gasteiger partial charge in [0.15, 0.2) is 0 Å². The number of hydrogen-bond donors (Lipinski definition) is 1. The molecule has 3 rings (SSSR count). The number of aromatic nitrogens is 2. The van der Waals surface area contributed by atoms with Gasteiger partial charge in [0.05, 0.1) is 32.0 Å². The summed E-state index contributed by atoms with van der Waals surface area (Å²) in [4.78, 5) is 29.8. The first-order valence-corrected chi connectivity index (χ1v) is 9.75. The molecule has 10 heteroatoms. The lowest BCUT2D eigenvalue weighted by Crippen LogP contribution is -2.38. The van der Waals surface area contributed by atoms with Crippen LogP contribution in [0.5, 0.6) is 11.5 Å². The fourth-order valence-corrected chi connectivity index (χ4v) is 3.36. The average molecular weight is 427 g/mol. The Morgan fingerprint density at radius 1 is 1.20 bits per heavy atom. The number of carbonyl (C=O) groups is 1. The van der Waals surface area contributed by atoms with Crippen molar-refractivity contribution in [1.82, 2.24) is 15.0 Å². The number of hydrogen-bond acceptors (Lipinski definition) is 8. The lowest BCUT2D eigenvalue weighted by atomic mass is 10.1. The monoisotopic (exact) mass is 427 g/mol. The van der Waals surface area contributed by atoms with Crippen molar-refractivity contribution in [3.8, 4) is 22.8 Å². The second-order valence-corrected chi connectivity index (χ2v) is 6.82. The number of carbonyl (C=O) groups excluding carboxylic acids is 1. The van der Waals surface area contributed by atoms with Crippen LogP contribution in [0.1, 0.15) is 12.5 Å². The Labute approximate surface area is 177 Å². The van der Waals surface area contributed by atoms with Crippen LogP contribution >= 0.6 is 11.3 Å². The van der Waals surface area contributed by atoms with Crippen LogP contribution in [-0.2, 0) is 16.2 Å². The summed E-state index contributed by atoms with van der Waals surface area (Å²) in [6.45, 7) is 1.35. The van der Waals surface area contributed by atoms with Crippen LogP contribution in [0.3, 0.4) is 0 Å². The third-order valence-electron chi connectivity index (χ3n) is 3.99. The molecule has 2 N–H and O–H groups in total. The van der Waals surface area contributed by atoms with Crippen molar-refractivity contribution in [1.29, 1.82) is 0 Å². The standard InChI is InChI=1S/C20H21N5O4S/c1-13(26)29-25(11-15-17(27-2)7-4-8-18(15)28-3)19(21)24-20-23-16(12-30-20)14-6-5-9-22-10-14/h4-10,12H,11H2,1-3H3,(H2,21,23,24). The summed E-state index contributed by atoms with van der Waals surface area (Å²) in [6, 6.07) is 9.08. The Morgan fingerprint density at radius 2 is 1.93 bits per heavy atom. The van der Waals surface area contributed by atoms with Gasteiger partial charge in [-0.2, -0.15) is 10.1 Å². The summed E-state index contributed by atoms with van der Waals surface area (Å²) < 4.78 is 10.8. The van der Waals surface area contributed by atoms with E-state index in [1.165, 1.54) is 23.3 Å². The molecule has 9 nitrogen and oxygen atoms in total. The van der Waals surface area contributed by atoms with Crippen molar-refractivity contribution in [3.63, 3.8) is 0 Å². The Balaban J connectivity index is 1.89. The van der Waals surface area contributed by atoms with Gasteiger partial charge in [-0.25, -0.2) is 4.98 Å². The van der Waals surface area contributed by atoms with Crippen LogP contribution in [-0.4, -0.2) is 41.2 Å². The van der Waals surface area contributed by atoms with E-state index < -0.39 is 5.97 Å². The molecule has 0 bridgehead atoms. The van der Waals surface area contributed by atoms with Gasteiger partial charge in [-0.15, -0.1) is 11.3 Å². The first kappa shape index (κ1) is 21.1. The maximum atomic E-state index is 11.6. The summed E-state index contributed by atoms with van der Waals surface area (Å²) in [7, 11) is 3.09. The highest BCUT2D eigenvalue weighted by atomic mass is 32.1. The summed E-state index contributed by atoms with van der Waals surface area (Å²) in [6.07, 6.45) is 3.40. The van der Waals surface area contributed by atoms with E-state index in [9.17, 15) is 4.79 Å². The van der Waals surface area contributed by atoms with Crippen molar-refractivity contribution in [2.45, 2.75) is 13.5 Å². The van der Waals surface area contributed by atoms with Crippen LogP contribution in [0.15, 0.2) is 53.1 Å². The molecule has 0 radical (unpaired) electrons. The molecule has 2 heterocycles. The van der Waals surface area contributed by atoms with Gasteiger partial charge in [0.25, 0.3) is 0 Å². The van der Waals surface area contributed by atoms with Crippen molar-refractivity contribution >= 4 is 28.4 Å². The molecule has 0 saturated carbocycles. The van der Waals surface area contributed by atoms with Crippen LogP contribution in [0, 0.1) is 0 Å². The Hall–Kier alpha value is -3.66. The third-order valence-corrected chi connectivity index (χ3v) is 4.72. The maximum absolute atomic E-state index is 11.6. The van der Waals surface area contributed by atoms with Gasteiger partial charge in [-0.1, -0.05) is 6.07 Å². The third kappa shape index (κ3) is 5.03. The molecule has 2 aromatic heterocycles. The van der Waals surface area contributed by atoms with Crippen molar-refractivity contribution in [2.75, 3.05) is 14.2 Å². The molecule has 0 aliphatic rings. The molecule has 3 aromatic rings. The number of ether oxygens (including phenoxy) is 2. The first-order valence-electron chi connectivity index (χ1n) is 8.87. The zero-order chi connectivity index (χ0) is 21.5. The average Bonchev–Trinajstić information content (AvgIpc) is 3.22. The summed E-state index contributed by atoms with van der Waals surface area (Å²) >= 11 is 1.31. The number of rotatable bonds is 6. The second kappa shape index (κ2) is 9.70. The molecule has 0 atom stereocenters. The molecule has 156 valence electrons. The smallest absolute Gasteiger partial charge is 0.329 e. The number of guanidine groups is 1. The Bertz CT molecular complexity index is 1020. The normalized spacial score (nSPS) is 11.1. The number of methoxy groups -OCH3 is 2. The number of thiazole rings is 1. The highest BCUT2D eigenvalue weighted by Crippen LogP contribution is 2.30. The minimum Gasteiger partial charge on any atom is -0.496 e. The fraction of sp³-hybridized carbons (Fsp3) is 0.200. The lowest BCUT2D eigenvalue weighted by Gasteiger charge is -2.23. The molecule has 0 aliphatic heterocycles. The Morgan fingerprint density at radius 3 is 2.53 bits per heavy atom. The van der Waals surface area contributed by atoms with E-state index in [-0.39, 0.29) is 12.5 Å². The van der Waals surface area contributed by atoms with E-state index >= 15 is 0 Å². The van der Waals surface area contributed by atoms with Crippen molar-refractivity contribution < 1.29 is 19.1 Å². The van der Waals surface area contributed by atoms with Crippen LogP contribution < -0.4 is 15.2 Å². The molecule has 0 spiro atoms. The molecule has 0 unspecified atom stereocenters. The van der Waals surface area contributed by atoms with Crippen LogP contribution in [0.4, 0.5) is 5.13 Å². The SMILES string of the molecule is COc1cccc(OC)c1CN(OC(C)=O)/C(N)=N/c1nc(-c2cccnc2)cs1. The predicted molar refractivity (Wildman–Crippen MR) is 113 cm³/mol. The summed E-state index contributed by atoms with van der Waals surface area (Å²) in [5.74, 6) is 0.544. The van der Waals surface area contributed by atoms with Crippen molar-refractivity contribution in [3.05, 3.63) is 53.7 Å². The van der Waals surface area contributed by atoms with Gasteiger partial charge < -0.3 is 20.0 Å². The highest BCUT2D eigenvalue weighted by molar-refractivity contribution is 7.13. The molecule has 0 amide bonds. The van der Waals surface area contributed by atoms with Crippen molar-refractivity contribution in [2.24, 2.45) is 10.7 Å². The lowest BCUT2D eigenvalue weighted by molar-refractivity contribution is -0.172. The molecule has 0 fully saturated rings. The molecule has 0 saturated heterocycles. The van der Waals surface area contributed by atoms with E-state index in [2.05, 4.69) is 15.0 Å². The van der Waals surface area contributed by atoms with E-state index in [4.69, 9.17) is 20.0 Å². The molecular weight excluding hydrogens is 406 g/mol. The second-order valence-electron chi connectivity index (χ2n) is 5.99. The zero-order valence-electron chi connectivity index (χ0n) is 16.7. The van der Waals surface area contributed by atoms with E-state index in [0.29, 0.717) is 22.2 Å². The van der Waals surface area contributed by atoms with Crippen LogP contribution in [0.2, 0.25) is 0 Å². The maximum Gasteiger partial charge on any atom is 0.329 e. The van der Waals surface area contributed by atoms with Crippen LogP contribution in [0.25, 0.3) is 11.3 Å². The minimum absolute atomic E-state index is 0.0368. The Kier molecular flexibility index (Phi) is 6.81. The number of nitrogens with zero attached hydrogens (tertiary/aromatic N) is 4. The molecular formula is C20H21N5O4S. The van der Waals surface area contributed by atoms with E-state index in [1.54, 1.807) is 44.8 Å². The van der Waals surface area contributed by atoms with Gasteiger partial charge in [0.1, 0.15) is 11.5 Å². The minimum atomic E-state index is -0.544. The van der Waals surface area contributed by atoms with Gasteiger partial charge in [0, 0.05) is 30.3 Å². The topological polar surface area (TPSA) is 112 Å². The molecule has 0 aliphatic carbocycles. The largest absolute Gasteiger partial charge is 0.496 e. The number of nitrogens with two attached hydrogens (primary N) is 1. The fourth-order valence-electron chi connectivity index (χ4n) is 2.66. The van der Waals surface area contributed by atoms with E-state index in [0.717, 1.165) is 11.3 Å². The predicted octanol–water partition coefficient (Wildman–Crippen LogP) is 3.15. The van der Waals surface area contributed by atoms with Gasteiger partial charge in [-0.3, -0.25) is 9.78 Å². The summed E-state index contributed by atoms with van der Waals surface area (Å²) in [5, 5.41) is 3.44. The number of hydroxylamine groups is 2. The van der Waals surface area contributed by atoms with Gasteiger partial charge >= 0.3 is 5.97 Å². The quantitative estimate of drug-likeness (QED) is 0.363. The first-order chi connectivity index (χ1) is 14.5. The zero-order valence-corrected chi connectivity index (χ0v) is 17.5. The number of aliphatic imine (C=N–C) groups is 1.